The van der Waals surface area contributed by atoms with Gasteiger partial charge in [0.15, 0.2) is 0 Å². The number of hydrogen-bond donors (Lipinski definition) is 0. The van der Waals surface area contributed by atoms with Gasteiger partial charge >= 0.3 is 142 Å². The molecular formula is C13H16BrClHgO4S. The second kappa shape index (κ2) is 11.7. The molecule has 0 heterocycles. The van der Waals surface area contributed by atoms with Crippen LogP contribution in [0.3, 0.4) is 0 Å². The Bertz CT molecular complexity index is 499. The topological polar surface area (TPSA) is 52.6 Å². The van der Waals surface area contributed by atoms with Crippen molar-refractivity contribution in [3.8, 4) is 0 Å². The summed E-state index contributed by atoms with van der Waals surface area (Å²) in [7, 11) is 1.30. The zero-order valence-electron chi connectivity index (χ0n) is 12.4. The maximum atomic E-state index is 11.6. The molecule has 0 saturated carbocycles. The van der Waals surface area contributed by atoms with E-state index in [-0.39, 0.29) is 3.48 Å². The molecule has 1 aromatic carbocycles. The van der Waals surface area contributed by atoms with Gasteiger partial charge in [-0.2, -0.15) is 0 Å². The van der Waals surface area contributed by atoms with Gasteiger partial charge in [0.25, 0.3) is 0 Å². The zero-order chi connectivity index (χ0) is 16.4. The summed E-state index contributed by atoms with van der Waals surface area (Å²) in [6.07, 6.45) is 1.70. The zero-order valence-corrected chi connectivity index (χ0v) is 21.0. The number of carbonyl (C=O) groups excluding carboxylic acids is 2. The monoisotopic (exact) mass is 584 g/mol. The number of carbonyl (C=O) groups is 2. The normalized spacial score (nSPS) is 9.05. The average Bonchev–Trinajstić information content (AvgIpc) is 2.49. The van der Waals surface area contributed by atoms with E-state index < -0.39 is 30.5 Å². The number of rotatable bonds is 5. The van der Waals surface area contributed by atoms with Gasteiger partial charge < -0.3 is 0 Å². The van der Waals surface area contributed by atoms with Crippen LogP contribution in [0.25, 0.3) is 0 Å². The molecule has 0 aliphatic heterocycles. The van der Waals surface area contributed by atoms with E-state index in [4.69, 9.17) is 15.8 Å². The van der Waals surface area contributed by atoms with Crippen LogP contribution in [0, 0.1) is 0 Å². The molecule has 4 nitrogen and oxygen atoms in total. The van der Waals surface area contributed by atoms with E-state index in [1.54, 1.807) is 18.4 Å². The van der Waals surface area contributed by atoms with Gasteiger partial charge in [-0.3, -0.25) is 0 Å². The van der Waals surface area contributed by atoms with Crippen molar-refractivity contribution in [3.63, 3.8) is 0 Å². The van der Waals surface area contributed by atoms with Gasteiger partial charge in [0.1, 0.15) is 0 Å². The second-order valence-corrected chi connectivity index (χ2v) is 11.5. The predicted molar refractivity (Wildman–Crippen MR) is 86.4 cm³/mol. The first kappa shape index (κ1) is 21.2. The summed E-state index contributed by atoms with van der Waals surface area (Å²) in [6.45, 7) is 4.00. The van der Waals surface area contributed by atoms with Crippen molar-refractivity contribution >= 4 is 52.1 Å². The van der Waals surface area contributed by atoms with Gasteiger partial charge in [-0.15, -0.1) is 0 Å². The van der Waals surface area contributed by atoms with Crippen LogP contribution in [0.4, 0.5) is 4.79 Å². The standard InChI is InChI=1S/C9H7BrClO2.C2H3O2S.C2H6.Hg/c1-13-9(12)7-4-2-3-6(5-10)8(7)11;1-5-4-2-3;1-2;/h2,4H,5H2,1H3;1H3;1-2H3;. The molecule has 0 fully saturated rings. The SMILES string of the molecule is CC.COC(=O)c1cc[c]([Hg][C](=O)OSC)c(CBr)c1Cl. The second-order valence-electron chi connectivity index (χ2n) is 3.49. The molecule has 0 atom stereocenters. The summed E-state index contributed by atoms with van der Waals surface area (Å²) in [5.41, 5.74) is 1.10. The van der Waals surface area contributed by atoms with Gasteiger partial charge in [-0.1, -0.05) is 13.8 Å². The van der Waals surface area contributed by atoms with Crippen LogP contribution in [0.5, 0.6) is 0 Å². The van der Waals surface area contributed by atoms with Crippen LogP contribution < -0.4 is 3.07 Å². The first-order valence-electron chi connectivity index (χ1n) is 6.23. The third-order valence-electron chi connectivity index (χ3n) is 2.39. The van der Waals surface area contributed by atoms with E-state index in [1.807, 2.05) is 13.8 Å². The Balaban J connectivity index is 0.00000191. The van der Waals surface area contributed by atoms with Gasteiger partial charge in [0.2, 0.25) is 0 Å². The Labute approximate surface area is 155 Å². The molecular weight excluding hydrogens is 568 g/mol. The van der Waals surface area contributed by atoms with Gasteiger partial charge in [-0.05, 0) is 0 Å². The number of ether oxygens (including phenoxy) is 1. The maximum absolute atomic E-state index is 11.6. The third-order valence-corrected chi connectivity index (χ3v) is 10.3. The van der Waals surface area contributed by atoms with Crippen molar-refractivity contribution < 1.29 is 43.1 Å². The fourth-order valence-corrected chi connectivity index (χ4v) is 10.9. The molecule has 0 spiro atoms. The molecule has 8 heteroatoms. The van der Waals surface area contributed by atoms with Crippen molar-refractivity contribution in [3.05, 3.63) is 28.3 Å². The van der Waals surface area contributed by atoms with Crippen molar-refractivity contribution in [2.24, 2.45) is 0 Å². The Morgan fingerprint density at radius 1 is 1.38 bits per heavy atom. The predicted octanol–water partition coefficient (Wildman–Crippen LogP) is 4.17. The van der Waals surface area contributed by atoms with Crippen LogP contribution in [0.15, 0.2) is 12.1 Å². The molecule has 0 N–H and O–H groups in total. The van der Waals surface area contributed by atoms with Crippen molar-refractivity contribution in [2.75, 3.05) is 13.4 Å². The minimum absolute atomic E-state index is 0.142. The van der Waals surface area contributed by atoms with Crippen molar-refractivity contribution in [2.45, 2.75) is 19.2 Å². The molecule has 0 amide bonds. The minimum atomic E-state index is -2.07. The molecule has 0 aromatic heterocycles. The van der Waals surface area contributed by atoms with E-state index in [0.717, 1.165) is 20.7 Å². The molecule has 114 valence electrons. The fraction of sp³-hybridized carbons (Fsp3) is 0.385. The molecule has 0 saturated heterocycles. The average molecular weight is 584 g/mol. The van der Waals surface area contributed by atoms with Gasteiger partial charge in [0, 0.05) is 0 Å². The van der Waals surface area contributed by atoms with Crippen LogP contribution in [0.1, 0.15) is 29.8 Å². The molecule has 0 aliphatic rings. The Hall–Kier alpha value is 0.215. The molecule has 0 unspecified atom stereocenters. The van der Waals surface area contributed by atoms with E-state index in [1.165, 1.54) is 7.11 Å². The molecule has 0 bridgehead atoms. The number of hydrogen-bond acceptors (Lipinski definition) is 5. The van der Waals surface area contributed by atoms with Gasteiger partial charge in [0.05, 0.1) is 0 Å². The first-order valence-corrected chi connectivity index (χ1v) is 14.4. The number of halogens is 2. The Morgan fingerprint density at radius 2 is 2.00 bits per heavy atom. The Kier molecular flexibility index (Phi) is 11.9. The summed E-state index contributed by atoms with van der Waals surface area (Å²) >= 11 is 8.51. The number of esters is 1. The summed E-state index contributed by atoms with van der Waals surface area (Å²) in [5, 5.41) is 0.830. The third kappa shape index (κ3) is 6.46. The number of alkyl halides is 1. The van der Waals surface area contributed by atoms with E-state index in [0.29, 0.717) is 15.9 Å². The molecule has 0 aliphatic carbocycles. The van der Waals surface area contributed by atoms with Crippen LogP contribution in [0.2, 0.25) is 5.02 Å². The van der Waals surface area contributed by atoms with E-state index in [2.05, 4.69) is 20.7 Å². The van der Waals surface area contributed by atoms with Crippen LogP contribution >= 0.6 is 39.6 Å². The summed E-state index contributed by atoms with van der Waals surface area (Å²) < 4.78 is 10.4. The van der Waals surface area contributed by atoms with E-state index >= 15 is 0 Å². The van der Waals surface area contributed by atoms with Crippen LogP contribution in [-0.4, -0.2) is 22.8 Å². The number of methoxy groups -OCH3 is 1. The summed E-state index contributed by atoms with van der Waals surface area (Å²) in [5.74, 6) is -0.484. The van der Waals surface area contributed by atoms with E-state index in [9.17, 15) is 9.59 Å². The summed E-state index contributed by atoms with van der Waals surface area (Å²) in [6, 6.07) is 3.37. The quantitative estimate of drug-likeness (QED) is 0.225. The molecule has 1 rings (SSSR count). The van der Waals surface area contributed by atoms with Crippen molar-refractivity contribution in [1.82, 2.24) is 0 Å². The van der Waals surface area contributed by atoms with Crippen LogP contribution in [-0.2, 0) is 38.8 Å². The van der Waals surface area contributed by atoms with Crippen molar-refractivity contribution in [1.29, 1.82) is 0 Å². The molecule has 0 radical (unpaired) electrons. The Morgan fingerprint density at radius 3 is 2.48 bits per heavy atom. The summed E-state index contributed by atoms with van der Waals surface area (Å²) in [4.78, 5) is 23.1. The van der Waals surface area contributed by atoms with Gasteiger partial charge in [-0.25, -0.2) is 0 Å². The fourth-order valence-electron chi connectivity index (χ4n) is 1.52. The molecule has 1 aromatic rings. The molecule has 21 heavy (non-hydrogen) atoms. The number of benzene rings is 1. The first-order chi connectivity index (χ1) is 10.0.